The lowest BCUT2D eigenvalue weighted by Gasteiger charge is -2.62. The summed E-state index contributed by atoms with van der Waals surface area (Å²) in [6, 6.07) is 11.5. The van der Waals surface area contributed by atoms with E-state index in [1.54, 1.807) is 18.2 Å². The first kappa shape index (κ1) is 31.1. The molecule has 1 aromatic heterocycles. The molecule has 246 valence electrons. The lowest BCUT2D eigenvalue weighted by molar-refractivity contribution is -0.137. The number of hydrogen-bond acceptors (Lipinski definition) is 8. The number of nitrogens with zero attached hydrogens (tertiary/aromatic N) is 4. The summed E-state index contributed by atoms with van der Waals surface area (Å²) in [5.41, 5.74) is 2.39. The van der Waals surface area contributed by atoms with E-state index >= 15 is 0 Å². The van der Waals surface area contributed by atoms with E-state index in [1.165, 1.54) is 70.2 Å². The van der Waals surface area contributed by atoms with Gasteiger partial charge in [-0.2, -0.15) is 18.2 Å². The zero-order valence-electron chi connectivity index (χ0n) is 26.7. The minimum absolute atomic E-state index is 0.0187. The topological polar surface area (TPSA) is 85.8 Å². The fraction of sp³-hybridized carbons (Fsp3) is 0.543. The van der Waals surface area contributed by atoms with Crippen LogP contribution >= 0.6 is 0 Å². The molecule has 3 aromatic rings. The number of hydroxylamine groups is 1. The standard InChI is InChI=1S/C35H43F3N6O2/c1-21-7-6-8-22(2)30(21)41-32-27(35(36,37)38)19-39-33(42-32)40-28-10-9-26(15-29(28)46-3)44(45)20-34-16-23-13-24(17-34)31(25(14-23)18-34)43-11-4-5-12-43/h6-10,15,19,23-25,31,45H,4-5,11-14,16-18,20H2,1-3H3,(H2,39,40,41,42). The predicted octanol–water partition coefficient (Wildman–Crippen LogP) is 8.09. The fourth-order valence-electron chi connectivity index (χ4n) is 9.34. The maximum atomic E-state index is 13.9. The number of aromatic nitrogens is 2. The van der Waals surface area contributed by atoms with Crippen LogP contribution in [0.5, 0.6) is 5.75 Å². The highest BCUT2D eigenvalue weighted by atomic mass is 19.4. The van der Waals surface area contributed by atoms with Crippen LogP contribution in [0.1, 0.15) is 61.6 Å². The molecule has 46 heavy (non-hydrogen) atoms. The van der Waals surface area contributed by atoms with Crippen LogP contribution in [-0.2, 0) is 6.18 Å². The van der Waals surface area contributed by atoms with E-state index in [4.69, 9.17) is 4.74 Å². The molecule has 0 spiro atoms. The average Bonchev–Trinajstić information content (AvgIpc) is 3.52. The summed E-state index contributed by atoms with van der Waals surface area (Å²) in [5.74, 6) is 2.25. The van der Waals surface area contributed by atoms with Crippen LogP contribution < -0.4 is 20.4 Å². The van der Waals surface area contributed by atoms with Gasteiger partial charge in [-0.1, -0.05) is 18.2 Å². The summed E-state index contributed by atoms with van der Waals surface area (Å²) in [4.78, 5) is 11.0. The van der Waals surface area contributed by atoms with Gasteiger partial charge in [-0.15, -0.1) is 0 Å². The zero-order valence-corrected chi connectivity index (χ0v) is 26.7. The molecule has 3 N–H and O–H groups in total. The number of alkyl halides is 3. The Balaban J connectivity index is 1.09. The monoisotopic (exact) mass is 636 g/mol. The van der Waals surface area contributed by atoms with Crippen LogP contribution in [0.2, 0.25) is 0 Å². The number of para-hydroxylation sites is 1. The molecule has 1 aliphatic heterocycles. The summed E-state index contributed by atoms with van der Waals surface area (Å²) in [5, 5.41) is 18.7. The largest absolute Gasteiger partial charge is 0.494 e. The molecule has 4 saturated carbocycles. The number of benzene rings is 2. The second kappa shape index (κ2) is 11.9. The van der Waals surface area contributed by atoms with Crippen LogP contribution in [0.3, 0.4) is 0 Å². The van der Waals surface area contributed by atoms with Crippen LogP contribution in [0.15, 0.2) is 42.6 Å². The van der Waals surface area contributed by atoms with Crippen molar-refractivity contribution < 1.29 is 23.1 Å². The molecule has 11 heteroatoms. The van der Waals surface area contributed by atoms with Gasteiger partial charge in [-0.3, -0.25) is 15.2 Å². The summed E-state index contributed by atoms with van der Waals surface area (Å²) in [6.07, 6.45) is 4.92. The molecular formula is C35H43F3N6O2. The summed E-state index contributed by atoms with van der Waals surface area (Å²) >= 11 is 0. The van der Waals surface area contributed by atoms with E-state index in [9.17, 15) is 18.4 Å². The van der Waals surface area contributed by atoms with Gasteiger partial charge in [0.15, 0.2) is 0 Å². The molecule has 5 fully saturated rings. The van der Waals surface area contributed by atoms with Crippen molar-refractivity contribution in [3.05, 3.63) is 59.3 Å². The van der Waals surface area contributed by atoms with Crippen molar-refractivity contribution in [1.29, 1.82) is 0 Å². The third kappa shape index (κ3) is 5.88. The van der Waals surface area contributed by atoms with Crippen molar-refractivity contribution in [2.45, 2.75) is 71.0 Å². The first-order valence-corrected chi connectivity index (χ1v) is 16.4. The van der Waals surface area contributed by atoms with Gasteiger partial charge in [0, 0.05) is 24.0 Å². The second-order valence-electron chi connectivity index (χ2n) is 14.1. The second-order valence-corrected chi connectivity index (χ2v) is 14.1. The number of halogens is 3. The molecule has 2 atom stereocenters. The Kier molecular flexibility index (Phi) is 8.03. The van der Waals surface area contributed by atoms with Crippen LogP contribution in [-0.4, -0.2) is 52.9 Å². The Bertz CT molecular complexity index is 1560. The predicted molar refractivity (Wildman–Crippen MR) is 172 cm³/mol. The molecule has 1 saturated heterocycles. The molecule has 5 aliphatic rings. The lowest BCUT2D eigenvalue weighted by atomic mass is 9.47. The highest BCUT2D eigenvalue weighted by Crippen LogP contribution is 2.61. The van der Waals surface area contributed by atoms with Crippen molar-refractivity contribution >= 4 is 28.8 Å². The number of methoxy groups -OCH3 is 1. The Morgan fingerprint density at radius 2 is 1.72 bits per heavy atom. The van der Waals surface area contributed by atoms with Gasteiger partial charge >= 0.3 is 6.18 Å². The Labute approximate surface area is 268 Å². The lowest BCUT2D eigenvalue weighted by Crippen LogP contribution is -2.60. The molecular weight excluding hydrogens is 593 g/mol. The molecule has 0 radical (unpaired) electrons. The van der Waals surface area contributed by atoms with Crippen molar-refractivity contribution in [2.75, 3.05) is 42.4 Å². The number of nitrogens with one attached hydrogen (secondary N) is 2. The summed E-state index contributed by atoms with van der Waals surface area (Å²) in [7, 11) is 1.52. The van der Waals surface area contributed by atoms with Gasteiger partial charge in [0.1, 0.15) is 17.1 Å². The van der Waals surface area contributed by atoms with Gasteiger partial charge in [-0.25, -0.2) is 4.98 Å². The number of likely N-dealkylation sites (tertiary alicyclic amines) is 1. The van der Waals surface area contributed by atoms with Crippen LogP contribution in [0.25, 0.3) is 0 Å². The van der Waals surface area contributed by atoms with Gasteiger partial charge in [0.25, 0.3) is 0 Å². The normalized spacial score (nSPS) is 27.2. The number of anilines is 5. The maximum Gasteiger partial charge on any atom is 0.421 e. The Hall–Kier alpha value is -3.57. The minimum Gasteiger partial charge on any atom is -0.494 e. The molecule has 2 aromatic carbocycles. The number of rotatable bonds is 9. The van der Waals surface area contributed by atoms with Gasteiger partial charge in [0.05, 0.1) is 25.0 Å². The summed E-state index contributed by atoms with van der Waals surface area (Å²) in [6.45, 7) is 6.71. The zero-order chi connectivity index (χ0) is 32.2. The summed E-state index contributed by atoms with van der Waals surface area (Å²) < 4.78 is 47.4. The van der Waals surface area contributed by atoms with Crippen molar-refractivity contribution in [3.8, 4) is 5.75 Å². The van der Waals surface area contributed by atoms with E-state index in [0.717, 1.165) is 35.1 Å². The smallest absolute Gasteiger partial charge is 0.421 e. The highest BCUT2D eigenvalue weighted by Gasteiger charge is 2.57. The molecule has 0 amide bonds. The maximum absolute atomic E-state index is 13.9. The van der Waals surface area contributed by atoms with E-state index in [1.807, 2.05) is 32.0 Å². The van der Waals surface area contributed by atoms with Gasteiger partial charge in [-0.05, 0) is 118 Å². The number of hydrogen-bond donors (Lipinski definition) is 3. The SMILES string of the molecule is COc1cc(N(O)CC23CC4CC(C2)C(N2CCCC2)C(C4)C3)ccc1Nc1ncc(C(F)(F)F)c(Nc2c(C)cccc2C)n1. The van der Waals surface area contributed by atoms with E-state index < -0.39 is 11.7 Å². The van der Waals surface area contributed by atoms with E-state index in [2.05, 4.69) is 25.5 Å². The van der Waals surface area contributed by atoms with Crippen molar-refractivity contribution in [2.24, 2.45) is 23.2 Å². The molecule has 4 aliphatic carbocycles. The average molecular weight is 637 g/mol. The molecule has 8 rings (SSSR count). The fourth-order valence-corrected chi connectivity index (χ4v) is 9.34. The van der Waals surface area contributed by atoms with Gasteiger partial charge < -0.3 is 15.4 Å². The van der Waals surface area contributed by atoms with E-state index in [-0.39, 0.29) is 17.2 Å². The Morgan fingerprint density at radius 3 is 2.37 bits per heavy atom. The third-order valence-corrected chi connectivity index (χ3v) is 10.9. The van der Waals surface area contributed by atoms with Gasteiger partial charge in [0.2, 0.25) is 5.95 Å². The molecule has 8 nitrogen and oxygen atoms in total. The minimum atomic E-state index is -4.65. The first-order chi connectivity index (χ1) is 22.0. The van der Waals surface area contributed by atoms with Crippen LogP contribution in [0, 0.1) is 37.0 Å². The third-order valence-electron chi connectivity index (χ3n) is 10.9. The molecule has 4 bridgehead atoms. The molecule has 2 unspecified atom stereocenters. The Morgan fingerprint density at radius 1 is 1.02 bits per heavy atom. The highest BCUT2D eigenvalue weighted by molar-refractivity contribution is 5.70. The molecule has 2 heterocycles. The quantitative estimate of drug-likeness (QED) is 0.203. The number of ether oxygens (including phenoxy) is 1. The first-order valence-electron chi connectivity index (χ1n) is 16.4. The van der Waals surface area contributed by atoms with Crippen molar-refractivity contribution in [1.82, 2.24) is 14.9 Å². The van der Waals surface area contributed by atoms with Crippen molar-refractivity contribution in [3.63, 3.8) is 0 Å². The van der Waals surface area contributed by atoms with E-state index in [0.29, 0.717) is 35.4 Å². The number of aryl methyl sites for hydroxylation is 2. The van der Waals surface area contributed by atoms with Crippen LogP contribution in [0.4, 0.5) is 42.0 Å².